The first kappa shape index (κ1) is 9.83. The molecule has 1 aromatic heterocycles. The summed E-state index contributed by atoms with van der Waals surface area (Å²) < 4.78 is 8.70. The van der Waals surface area contributed by atoms with Gasteiger partial charge in [0.1, 0.15) is 5.82 Å². The van der Waals surface area contributed by atoms with E-state index in [1.165, 1.54) is 6.20 Å². The standard InChI is InChI=1S/C3H4N4.HO3P/c4-3-1-2-5-7-6-3;1-4(2)3/h1-2H,(H2,4,5,6);(H-,1,2,3)/p+1. The summed E-state index contributed by atoms with van der Waals surface area (Å²) in [6.45, 7) is 0. The van der Waals surface area contributed by atoms with Crippen LogP contribution in [-0.2, 0) is 4.57 Å². The Morgan fingerprint density at radius 3 is 2.27 bits per heavy atom. The maximum Gasteiger partial charge on any atom is 0.692 e. The second-order valence-corrected chi connectivity index (χ2v) is 1.80. The first-order valence-electron chi connectivity index (χ1n) is 2.38. The average molecular weight is 177 g/mol. The molecule has 1 heterocycles. The second kappa shape index (κ2) is 5.60. The van der Waals surface area contributed by atoms with Gasteiger partial charge in [-0.15, -0.1) is 20.0 Å². The fourth-order valence-electron chi connectivity index (χ4n) is 0.250. The van der Waals surface area contributed by atoms with Gasteiger partial charge < -0.3 is 5.73 Å². The number of anilines is 1. The van der Waals surface area contributed by atoms with Crippen LogP contribution in [0.4, 0.5) is 5.82 Å². The third kappa shape index (κ3) is 8.83. The molecule has 0 unspecified atom stereocenters. The van der Waals surface area contributed by atoms with Crippen molar-refractivity contribution in [1.82, 2.24) is 15.4 Å². The van der Waals surface area contributed by atoms with Crippen molar-refractivity contribution in [3.8, 4) is 0 Å². The van der Waals surface area contributed by atoms with Crippen LogP contribution in [0, 0.1) is 0 Å². The minimum absolute atomic E-state index is 0.398. The zero-order valence-corrected chi connectivity index (χ0v) is 6.22. The number of hydrogen-bond acceptors (Lipinski definition) is 5. The highest BCUT2D eigenvalue weighted by Crippen LogP contribution is 1.98. The summed E-state index contributed by atoms with van der Waals surface area (Å²) in [5, 5.41) is 10.1. The van der Waals surface area contributed by atoms with Crippen molar-refractivity contribution in [3.05, 3.63) is 12.3 Å². The minimum atomic E-state index is -2.87. The van der Waals surface area contributed by atoms with Crippen molar-refractivity contribution in [3.63, 3.8) is 0 Å². The Bertz CT molecular complexity index is 213. The van der Waals surface area contributed by atoms with Gasteiger partial charge in [-0.1, -0.05) is 0 Å². The van der Waals surface area contributed by atoms with Crippen LogP contribution in [0.5, 0.6) is 0 Å². The molecular formula is C3H6N4O3P+. The van der Waals surface area contributed by atoms with Crippen LogP contribution in [-0.4, -0.2) is 25.2 Å². The van der Waals surface area contributed by atoms with Gasteiger partial charge in [-0.05, 0) is 5.21 Å². The molecule has 1 aromatic rings. The molecule has 0 atom stereocenters. The van der Waals surface area contributed by atoms with E-state index in [-0.39, 0.29) is 0 Å². The molecule has 0 aromatic carbocycles. The number of hydrogen-bond donors (Lipinski definition) is 3. The molecule has 0 spiro atoms. The average Bonchev–Trinajstić information content (AvgIpc) is 1.87. The lowest BCUT2D eigenvalue weighted by Crippen LogP contribution is -1.91. The van der Waals surface area contributed by atoms with E-state index in [9.17, 15) is 0 Å². The molecular weight excluding hydrogens is 171 g/mol. The van der Waals surface area contributed by atoms with Crippen molar-refractivity contribution in [2.24, 2.45) is 0 Å². The number of rotatable bonds is 0. The van der Waals surface area contributed by atoms with Crippen molar-refractivity contribution in [2.75, 3.05) is 5.73 Å². The smallest absolute Gasteiger partial charge is 0.382 e. The van der Waals surface area contributed by atoms with E-state index < -0.39 is 8.25 Å². The SMILES string of the molecule is Nc1ccnnn1.O=[P+](O)O. The van der Waals surface area contributed by atoms with Gasteiger partial charge in [-0.2, -0.15) is 0 Å². The van der Waals surface area contributed by atoms with Gasteiger partial charge >= 0.3 is 8.25 Å². The number of nitrogen functional groups attached to an aromatic ring is 1. The maximum absolute atomic E-state index is 8.70. The molecule has 8 heteroatoms. The molecule has 4 N–H and O–H groups in total. The Morgan fingerprint density at radius 2 is 2.09 bits per heavy atom. The van der Waals surface area contributed by atoms with Crippen LogP contribution in [0.15, 0.2) is 12.3 Å². The van der Waals surface area contributed by atoms with Crippen LogP contribution in [0.1, 0.15) is 0 Å². The first-order valence-corrected chi connectivity index (χ1v) is 3.54. The summed E-state index contributed by atoms with van der Waals surface area (Å²) in [5.41, 5.74) is 5.14. The predicted molar refractivity (Wildman–Crippen MR) is 36.3 cm³/mol. The lowest BCUT2D eigenvalue weighted by Gasteiger charge is -1.80. The summed E-state index contributed by atoms with van der Waals surface area (Å²) in [4.78, 5) is 14.2. The van der Waals surface area contributed by atoms with Gasteiger partial charge in [0.25, 0.3) is 0 Å². The van der Waals surface area contributed by atoms with Gasteiger partial charge in [-0.25, -0.2) is 0 Å². The quantitative estimate of drug-likeness (QED) is 0.438. The maximum atomic E-state index is 8.70. The van der Waals surface area contributed by atoms with Gasteiger partial charge in [0.05, 0.1) is 6.20 Å². The van der Waals surface area contributed by atoms with Crippen molar-refractivity contribution in [2.45, 2.75) is 0 Å². The molecule has 0 saturated heterocycles. The molecule has 7 nitrogen and oxygen atoms in total. The Morgan fingerprint density at radius 1 is 1.55 bits per heavy atom. The molecule has 0 aliphatic carbocycles. The molecule has 0 amide bonds. The summed E-state index contributed by atoms with van der Waals surface area (Å²) in [7, 11) is -2.87. The van der Waals surface area contributed by atoms with Crippen molar-refractivity contribution < 1.29 is 14.4 Å². The zero-order valence-electron chi connectivity index (χ0n) is 5.32. The summed E-state index contributed by atoms with van der Waals surface area (Å²) >= 11 is 0. The highest BCUT2D eigenvalue weighted by molar-refractivity contribution is 7.30. The van der Waals surface area contributed by atoms with E-state index in [0.29, 0.717) is 5.82 Å². The van der Waals surface area contributed by atoms with Gasteiger partial charge in [-0.3, -0.25) is 0 Å². The summed E-state index contributed by atoms with van der Waals surface area (Å²) in [5.74, 6) is 0.398. The third-order valence-corrected chi connectivity index (χ3v) is 0.524. The fourth-order valence-corrected chi connectivity index (χ4v) is 0.250. The van der Waals surface area contributed by atoms with E-state index in [4.69, 9.17) is 20.1 Å². The predicted octanol–water partition coefficient (Wildman–Crippen LogP) is -0.918. The Balaban J connectivity index is 0.000000218. The van der Waals surface area contributed by atoms with Gasteiger partial charge in [0.15, 0.2) is 0 Å². The molecule has 0 saturated carbocycles. The molecule has 1 rings (SSSR count). The van der Waals surface area contributed by atoms with E-state index >= 15 is 0 Å². The molecule has 0 aliphatic rings. The Hall–Kier alpha value is -1.17. The summed E-state index contributed by atoms with van der Waals surface area (Å²) in [6.07, 6.45) is 1.49. The Kier molecular flexibility index (Phi) is 5.01. The zero-order chi connectivity index (χ0) is 8.69. The lowest BCUT2D eigenvalue weighted by atomic mass is 10.6. The van der Waals surface area contributed by atoms with Gasteiger partial charge in [0, 0.05) is 10.6 Å². The molecule has 60 valence electrons. The first-order chi connectivity index (χ1) is 5.13. The van der Waals surface area contributed by atoms with Crippen LogP contribution in [0.2, 0.25) is 0 Å². The van der Waals surface area contributed by atoms with Crippen molar-refractivity contribution >= 4 is 14.1 Å². The van der Waals surface area contributed by atoms with E-state index in [0.717, 1.165) is 0 Å². The van der Waals surface area contributed by atoms with Crippen LogP contribution < -0.4 is 5.73 Å². The highest BCUT2D eigenvalue weighted by Gasteiger charge is 1.93. The highest BCUT2D eigenvalue weighted by atomic mass is 31.1. The third-order valence-electron chi connectivity index (χ3n) is 0.524. The van der Waals surface area contributed by atoms with E-state index in [1.54, 1.807) is 6.07 Å². The molecule has 0 radical (unpaired) electrons. The molecule has 0 bridgehead atoms. The number of aromatic nitrogens is 3. The van der Waals surface area contributed by atoms with E-state index in [1.807, 2.05) is 0 Å². The monoisotopic (exact) mass is 177 g/mol. The van der Waals surface area contributed by atoms with Crippen LogP contribution >= 0.6 is 8.25 Å². The molecule has 0 aliphatic heterocycles. The summed E-state index contributed by atoms with van der Waals surface area (Å²) in [6, 6.07) is 1.58. The lowest BCUT2D eigenvalue weighted by molar-refractivity contribution is 0.405. The Labute approximate surface area is 62.8 Å². The number of nitrogens with zero attached hydrogens (tertiary/aromatic N) is 3. The topological polar surface area (TPSA) is 122 Å². The fraction of sp³-hybridized carbons (Fsp3) is 0. The van der Waals surface area contributed by atoms with Crippen molar-refractivity contribution in [1.29, 1.82) is 0 Å². The normalized spacial score (nSPS) is 7.82. The second-order valence-electron chi connectivity index (χ2n) is 1.30. The molecule has 11 heavy (non-hydrogen) atoms. The van der Waals surface area contributed by atoms with Crippen LogP contribution in [0.3, 0.4) is 0 Å². The van der Waals surface area contributed by atoms with E-state index in [2.05, 4.69) is 15.4 Å². The largest absolute Gasteiger partial charge is 0.692 e. The molecule has 0 fully saturated rings. The van der Waals surface area contributed by atoms with Crippen LogP contribution in [0.25, 0.3) is 0 Å². The number of nitrogens with two attached hydrogens (primary N) is 1. The minimum Gasteiger partial charge on any atom is -0.382 e. The van der Waals surface area contributed by atoms with Gasteiger partial charge in [0.2, 0.25) is 0 Å².